The van der Waals surface area contributed by atoms with Gasteiger partial charge in [-0.05, 0) is 55.9 Å². The van der Waals surface area contributed by atoms with Crippen LogP contribution >= 0.6 is 0 Å². The van der Waals surface area contributed by atoms with Crippen LogP contribution in [0.2, 0.25) is 0 Å². The Labute approximate surface area is 160 Å². The van der Waals surface area contributed by atoms with Crippen molar-refractivity contribution in [3.8, 4) is 22.9 Å². The Morgan fingerprint density at radius 3 is 2.56 bits per heavy atom. The number of benzene rings is 1. The molecule has 144 valence electrons. The third-order valence-corrected chi connectivity index (χ3v) is 5.39. The second kappa shape index (κ2) is 9.49. The molecule has 0 amide bonds. The molecule has 1 aliphatic rings. The van der Waals surface area contributed by atoms with Crippen LogP contribution in [0.5, 0.6) is 11.5 Å². The Morgan fingerprint density at radius 2 is 1.89 bits per heavy atom. The first-order chi connectivity index (χ1) is 13.2. The highest BCUT2D eigenvalue weighted by atomic mass is 16.5. The fourth-order valence-electron chi connectivity index (χ4n) is 3.75. The number of phenols is 1. The Kier molecular flexibility index (Phi) is 6.80. The molecule has 0 aliphatic heterocycles. The first kappa shape index (κ1) is 19.3. The van der Waals surface area contributed by atoms with Crippen LogP contribution in [0.15, 0.2) is 36.7 Å². The molecule has 1 N–H and O–H groups in total. The van der Waals surface area contributed by atoms with Gasteiger partial charge in [0.1, 0.15) is 0 Å². The lowest BCUT2D eigenvalue weighted by atomic mass is 9.80. The van der Waals surface area contributed by atoms with Crippen molar-refractivity contribution in [3.05, 3.63) is 36.7 Å². The van der Waals surface area contributed by atoms with Crippen molar-refractivity contribution < 1.29 is 14.6 Å². The van der Waals surface area contributed by atoms with E-state index in [0.29, 0.717) is 11.4 Å². The number of phenolic OH excluding ortho intramolecular Hbond substituents is 1. The van der Waals surface area contributed by atoms with Gasteiger partial charge in [-0.1, -0.05) is 32.6 Å². The molecule has 1 heterocycles. The van der Waals surface area contributed by atoms with Crippen LogP contribution in [0.25, 0.3) is 11.4 Å². The van der Waals surface area contributed by atoms with E-state index in [1.807, 2.05) is 0 Å². The molecule has 0 saturated heterocycles. The maximum Gasteiger partial charge on any atom is 0.314 e. The molecule has 5 nitrogen and oxygen atoms in total. The van der Waals surface area contributed by atoms with E-state index in [-0.39, 0.29) is 23.4 Å². The van der Waals surface area contributed by atoms with E-state index >= 15 is 0 Å². The number of carbonyl (C=O) groups excluding carboxylic acids is 1. The molecule has 1 fully saturated rings. The van der Waals surface area contributed by atoms with Gasteiger partial charge in [0.2, 0.25) is 0 Å². The number of hydrogen-bond donors (Lipinski definition) is 1. The predicted octanol–water partition coefficient (Wildman–Crippen LogP) is 5.14. The fraction of sp³-hybridized carbons (Fsp3) is 0.500. The number of nitrogens with zero attached hydrogens (tertiary/aromatic N) is 2. The van der Waals surface area contributed by atoms with Crippen molar-refractivity contribution >= 4 is 5.97 Å². The number of ether oxygens (including phenoxy) is 1. The number of aromatic nitrogens is 2. The molecule has 27 heavy (non-hydrogen) atoms. The van der Waals surface area contributed by atoms with E-state index in [1.165, 1.54) is 31.7 Å². The number of esters is 1. The Morgan fingerprint density at radius 1 is 1.15 bits per heavy atom. The van der Waals surface area contributed by atoms with Crippen LogP contribution in [0, 0.1) is 11.8 Å². The molecule has 0 unspecified atom stereocenters. The molecule has 0 spiro atoms. The number of aromatic hydroxyl groups is 1. The van der Waals surface area contributed by atoms with Crippen molar-refractivity contribution in [3.63, 3.8) is 0 Å². The number of carbonyl (C=O) groups is 1. The SMILES string of the molecule is CCCCCC1CCC(C(=O)Oc2ccc(-c3ncccn3)cc2O)CC1. The lowest BCUT2D eigenvalue weighted by Gasteiger charge is -2.27. The highest BCUT2D eigenvalue weighted by molar-refractivity contribution is 5.76. The maximum atomic E-state index is 12.5. The Balaban J connectivity index is 1.54. The maximum absolute atomic E-state index is 12.5. The van der Waals surface area contributed by atoms with Crippen molar-refractivity contribution in [1.29, 1.82) is 0 Å². The first-order valence-corrected chi connectivity index (χ1v) is 9.99. The summed E-state index contributed by atoms with van der Waals surface area (Å²) >= 11 is 0. The zero-order valence-electron chi connectivity index (χ0n) is 15.9. The van der Waals surface area contributed by atoms with Gasteiger partial charge < -0.3 is 9.84 Å². The molecule has 5 heteroatoms. The van der Waals surface area contributed by atoms with Crippen molar-refractivity contribution in [2.24, 2.45) is 11.8 Å². The summed E-state index contributed by atoms with van der Waals surface area (Å²) in [5, 5.41) is 10.2. The molecule has 0 radical (unpaired) electrons. The van der Waals surface area contributed by atoms with E-state index in [9.17, 15) is 9.90 Å². The zero-order chi connectivity index (χ0) is 19.1. The van der Waals surface area contributed by atoms with Gasteiger partial charge in [-0.25, -0.2) is 9.97 Å². The number of unbranched alkanes of at least 4 members (excludes halogenated alkanes) is 2. The van der Waals surface area contributed by atoms with E-state index in [0.717, 1.165) is 31.6 Å². The van der Waals surface area contributed by atoms with Gasteiger partial charge in [0, 0.05) is 18.0 Å². The van der Waals surface area contributed by atoms with Crippen molar-refractivity contribution in [1.82, 2.24) is 9.97 Å². The fourth-order valence-corrected chi connectivity index (χ4v) is 3.75. The quantitative estimate of drug-likeness (QED) is 0.416. The van der Waals surface area contributed by atoms with E-state index < -0.39 is 0 Å². The molecule has 3 rings (SSSR count). The van der Waals surface area contributed by atoms with Crippen LogP contribution in [0.4, 0.5) is 0 Å². The highest BCUT2D eigenvalue weighted by Crippen LogP contribution is 2.35. The Hall–Kier alpha value is -2.43. The van der Waals surface area contributed by atoms with Crippen LogP contribution in [0.1, 0.15) is 58.3 Å². The standard InChI is InChI=1S/C22H28N2O3/c1-2-3-4-6-16-7-9-17(10-8-16)22(26)27-20-12-11-18(15-19(20)25)21-23-13-5-14-24-21/h5,11-17,25H,2-4,6-10H2,1H3. The highest BCUT2D eigenvalue weighted by Gasteiger charge is 2.28. The zero-order valence-corrected chi connectivity index (χ0v) is 15.9. The van der Waals surface area contributed by atoms with E-state index in [2.05, 4.69) is 16.9 Å². The largest absolute Gasteiger partial charge is 0.504 e. The number of hydrogen-bond acceptors (Lipinski definition) is 5. The average molecular weight is 368 g/mol. The van der Waals surface area contributed by atoms with Gasteiger partial charge >= 0.3 is 5.97 Å². The summed E-state index contributed by atoms with van der Waals surface area (Å²) in [4.78, 5) is 20.8. The molecule has 1 aromatic heterocycles. The minimum Gasteiger partial charge on any atom is -0.504 e. The van der Waals surface area contributed by atoms with Crippen molar-refractivity contribution in [2.45, 2.75) is 58.3 Å². The normalized spacial score (nSPS) is 19.6. The third kappa shape index (κ3) is 5.28. The van der Waals surface area contributed by atoms with Gasteiger partial charge in [-0.2, -0.15) is 0 Å². The summed E-state index contributed by atoms with van der Waals surface area (Å²) in [6.45, 7) is 2.22. The average Bonchev–Trinajstić information content (AvgIpc) is 2.71. The molecular weight excluding hydrogens is 340 g/mol. The van der Waals surface area contributed by atoms with E-state index in [1.54, 1.807) is 30.6 Å². The third-order valence-electron chi connectivity index (χ3n) is 5.39. The van der Waals surface area contributed by atoms with Crippen LogP contribution in [-0.4, -0.2) is 21.0 Å². The van der Waals surface area contributed by atoms with E-state index in [4.69, 9.17) is 4.74 Å². The smallest absolute Gasteiger partial charge is 0.314 e. The summed E-state index contributed by atoms with van der Waals surface area (Å²) in [5.41, 5.74) is 0.681. The van der Waals surface area contributed by atoms with Gasteiger partial charge in [0.05, 0.1) is 5.92 Å². The lowest BCUT2D eigenvalue weighted by Crippen LogP contribution is -2.25. The molecule has 0 atom stereocenters. The topological polar surface area (TPSA) is 72.3 Å². The summed E-state index contributed by atoms with van der Waals surface area (Å²) in [6.07, 6.45) is 12.4. The molecule has 1 aromatic carbocycles. The monoisotopic (exact) mass is 368 g/mol. The second-order valence-electron chi connectivity index (χ2n) is 7.39. The van der Waals surface area contributed by atoms with Gasteiger partial charge in [0.25, 0.3) is 0 Å². The van der Waals surface area contributed by atoms with Gasteiger partial charge in [-0.3, -0.25) is 4.79 Å². The minimum absolute atomic E-state index is 0.0658. The minimum atomic E-state index is -0.235. The lowest BCUT2D eigenvalue weighted by molar-refractivity contribution is -0.140. The van der Waals surface area contributed by atoms with Crippen LogP contribution < -0.4 is 4.74 Å². The molecule has 1 aliphatic carbocycles. The van der Waals surface area contributed by atoms with Crippen LogP contribution in [-0.2, 0) is 4.79 Å². The Bertz CT molecular complexity index is 740. The summed E-state index contributed by atoms with van der Waals surface area (Å²) < 4.78 is 5.48. The van der Waals surface area contributed by atoms with Crippen molar-refractivity contribution in [2.75, 3.05) is 0 Å². The summed E-state index contributed by atoms with van der Waals surface area (Å²) in [7, 11) is 0. The molecule has 2 aromatic rings. The van der Waals surface area contributed by atoms with Gasteiger partial charge in [-0.15, -0.1) is 0 Å². The second-order valence-corrected chi connectivity index (χ2v) is 7.39. The summed E-state index contributed by atoms with van der Waals surface area (Å²) in [6, 6.07) is 6.62. The number of rotatable bonds is 7. The molecular formula is C22H28N2O3. The first-order valence-electron chi connectivity index (χ1n) is 9.99. The molecule has 1 saturated carbocycles. The molecule has 0 bridgehead atoms. The van der Waals surface area contributed by atoms with Gasteiger partial charge in [0.15, 0.2) is 17.3 Å². The van der Waals surface area contributed by atoms with Crippen LogP contribution in [0.3, 0.4) is 0 Å². The predicted molar refractivity (Wildman–Crippen MR) is 104 cm³/mol. The summed E-state index contributed by atoms with van der Waals surface area (Å²) in [5.74, 6) is 1.10.